The van der Waals surface area contributed by atoms with E-state index in [9.17, 15) is 10.1 Å². The number of benzene rings is 1. The minimum atomic E-state index is -0.905. The van der Waals surface area contributed by atoms with Gasteiger partial charge in [0.15, 0.2) is 0 Å². The SMILES string of the molecule is CCCC(C#N)(CCC)C(=O)Nc1c(C)cccc1C. The quantitative estimate of drug-likeness (QED) is 0.836. The van der Waals surface area contributed by atoms with Crippen LogP contribution in [-0.4, -0.2) is 5.91 Å². The number of hydrogen-bond donors (Lipinski definition) is 1. The molecule has 0 unspecified atom stereocenters. The summed E-state index contributed by atoms with van der Waals surface area (Å²) in [4.78, 5) is 12.6. The van der Waals surface area contributed by atoms with Gasteiger partial charge >= 0.3 is 0 Å². The second kappa shape index (κ2) is 7.09. The lowest BCUT2D eigenvalue weighted by Gasteiger charge is -2.25. The lowest BCUT2D eigenvalue weighted by molar-refractivity contribution is -0.123. The molecule has 0 bridgehead atoms. The molecule has 20 heavy (non-hydrogen) atoms. The van der Waals surface area contributed by atoms with Gasteiger partial charge in [0.1, 0.15) is 5.41 Å². The molecule has 1 aromatic carbocycles. The molecule has 1 aromatic rings. The van der Waals surface area contributed by atoms with Crippen molar-refractivity contribution >= 4 is 11.6 Å². The summed E-state index contributed by atoms with van der Waals surface area (Å²) < 4.78 is 0. The van der Waals surface area contributed by atoms with Crippen molar-refractivity contribution in [3.8, 4) is 6.07 Å². The fourth-order valence-corrected chi connectivity index (χ4v) is 2.61. The van der Waals surface area contributed by atoms with E-state index in [1.807, 2.05) is 45.9 Å². The number of hydrogen-bond acceptors (Lipinski definition) is 2. The average Bonchev–Trinajstić information content (AvgIpc) is 2.42. The molecule has 0 heterocycles. The molecule has 0 aliphatic carbocycles. The first-order valence-corrected chi connectivity index (χ1v) is 7.29. The third-order valence-corrected chi connectivity index (χ3v) is 3.72. The van der Waals surface area contributed by atoms with Gasteiger partial charge in [-0.2, -0.15) is 5.26 Å². The van der Waals surface area contributed by atoms with E-state index in [4.69, 9.17) is 0 Å². The van der Waals surface area contributed by atoms with Crippen molar-refractivity contribution in [3.05, 3.63) is 29.3 Å². The first-order valence-electron chi connectivity index (χ1n) is 7.29. The maximum absolute atomic E-state index is 12.6. The van der Waals surface area contributed by atoms with Gasteiger partial charge in [-0.1, -0.05) is 44.9 Å². The van der Waals surface area contributed by atoms with Gasteiger partial charge < -0.3 is 5.32 Å². The van der Waals surface area contributed by atoms with E-state index >= 15 is 0 Å². The number of aryl methyl sites for hydroxylation is 2. The van der Waals surface area contributed by atoms with Gasteiger partial charge in [0.05, 0.1) is 6.07 Å². The van der Waals surface area contributed by atoms with Crippen LogP contribution in [0.5, 0.6) is 0 Å². The first-order chi connectivity index (χ1) is 9.50. The molecule has 3 heteroatoms. The Labute approximate surface area is 122 Å². The standard InChI is InChI=1S/C17H24N2O/c1-5-10-17(12-18,11-6-2)16(20)19-15-13(3)8-7-9-14(15)4/h7-9H,5-6,10-11H2,1-4H3,(H,19,20). The summed E-state index contributed by atoms with van der Waals surface area (Å²) in [6, 6.07) is 8.17. The molecular formula is C17H24N2O. The van der Waals surface area contributed by atoms with Crippen LogP contribution in [0.25, 0.3) is 0 Å². The fraction of sp³-hybridized carbons (Fsp3) is 0.529. The molecule has 0 atom stereocenters. The topological polar surface area (TPSA) is 52.9 Å². The van der Waals surface area contributed by atoms with E-state index in [1.54, 1.807) is 0 Å². The smallest absolute Gasteiger partial charge is 0.244 e. The maximum atomic E-state index is 12.6. The van der Waals surface area contributed by atoms with Gasteiger partial charge in [-0.3, -0.25) is 4.79 Å². The summed E-state index contributed by atoms with van der Waals surface area (Å²) >= 11 is 0. The van der Waals surface area contributed by atoms with E-state index in [-0.39, 0.29) is 5.91 Å². The van der Waals surface area contributed by atoms with Crippen molar-refractivity contribution in [3.63, 3.8) is 0 Å². The summed E-state index contributed by atoms with van der Waals surface area (Å²) in [6.45, 7) is 7.95. The Morgan fingerprint density at radius 1 is 1.20 bits per heavy atom. The molecule has 1 amide bonds. The van der Waals surface area contributed by atoms with Crippen molar-refractivity contribution in [1.82, 2.24) is 0 Å². The zero-order valence-corrected chi connectivity index (χ0v) is 12.9. The highest BCUT2D eigenvalue weighted by molar-refractivity contribution is 5.98. The van der Waals surface area contributed by atoms with Gasteiger partial charge in [0.25, 0.3) is 0 Å². The van der Waals surface area contributed by atoms with Gasteiger partial charge in [-0.25, -0.2) is 0 Å². The predicted octanol–water partition coefficient (Wildman–Crippen LogP) is 4.35. The first kappa shape index (κ1) is 16.2. The van der Waals surface area contributed by atoms with E-state index in [2.05, 4.69) is 11.4 Å². The number of rotatable bonds is 6. The van der Waals surface area contributed by atoms with Crippen LogP contribution in [0.3, 0.4) is 0 Å². The monoisotopic (exact) mass is 272 g/mol. The molecule has 0 saturated carbocycles. The van der Waals surface area contributed by atoms with E-state index in [0.717, 1.165) is 29.7 Å². The van der Waals surface area contributed by atoms with Crippen LogP contribution in [0.1, 0.15) is 50.7 Å². The molecule has 0 aliphatic rings. The third kappa shape index (κ3) is 3.39. The summed E-state index contributed by atoms with van der Waals surface area (Å²) in [5.74, 6) is -0.166. The van der Waals surface area contributed by atoms with E-state index in [0.29, 0.717) is 12.8 Å². The number of nitrogens with one attached hydrogen (secondary N) is 1. The second-order valence-electron chi connectivity index (χ2n) is 5.41. The number of nitriles is 1. The molecule has 1 N–H and O–H groups in total. The number of para-hydroxylation sites is 1. The molecule has 108 valence electrons. The van der Waals surface area contributed by atoms with Crippen molar-refractivity contribution in [2.45, 2.75) is 53.4 Å². The molecule has 1 rings (SSSR count). The number of carbonyl (C=O) groups excluding carboxylic acids is 1. The largest absolute Gasteiger partial charge is 0.324 e. The third-order valence-electron chi connectivity index (χ3n) is 3.72. The van der Waals surface area contributed by atoms with Gasteiger partial charge in [0, 0.05) is 5.69 Å². The van der Waals surface area contributed by atoms with Crippen LogP contribution in [-0.2, 0) is 4.79 Å². The van der Waals surface area contributed by atoms with Crippen molar-refractivity contribution in [1.29, 1.82) is 5.26 Å². The molecule has 0 radical (unpaired) electrons. The normalized spacial score (nSPS) is 10.9. The van der Waals surface area contributed by atoms with Crippen molar-refractivity contribution in [2.24, 2.45) is 5.41 Å². The molecule has 0 aliphatic heterocycles. The van der Waals surface area contributed by atoms with Gasteiger partial charge in [-0.15, -0.1) is 0 Å². The number of amides is 1. The van der Waals surface area contributed by atoms with Crippen LogP contribution in [0.15, 0.2) is 18.2 Å². The van der Waals surface area contributed by atoms with Crippen molar-refractivity contribution in [2.75, 3.05) is 5.32 Å². The summed E-state index contributed by atoms with van der Waals surface area (Å²) in [6.07, 6.45) is 2.86. The Morgan fingerprint density at radius 3 is 2.10 bits per heavy atom. The number of nitrogens with zero attached hydrogens (tertiary/aromatic N) is 1. The number of anilines is 1. The minimum absolute atomic E-state index is 0.166. The van der Waals surface area contributed by atoms with Gasteiger partial charge in [-0.05, 0) is 37.8 Å². The second-order valence-corrected chi connectivity index (χ2v) is 5.41. The summed E-state index contributed by atoms with van der Waals surface area (Å²) in [5.41, 5.74) is 1.98. The average molecular weight is 272 g/mol. The van der Waals surface area contributed by atoms with Crippen LogP contribution in [0.4, 0.5) is 5.69 Å². The highest BCUT2D eigenvalue weighted by Gasteiger charge is 2.37. The summed E-state index contributed by atoms with van der Waals surface area (Å²) in [7, 11) is 0. The van der Waals surface area contributed by atoms with E-state index in [1.165, 1.54) is 0 Å². The lowest BCUT2D eigenvalue weighted by atomic mass is 9.79. The Kier molecular flexibility index (Phi) is 5.76. The van der Waals surface area contributed by atoms with Crippen molar-refractivity contribution < 1.29 is 4.79 Å². The molecule has 0 aromatic heterocycles. The number of carbonyl (C=O) groups is 1. The molecule has 0 spiro atoms. The van der Waals surface area contributed by atoms with Crippen LogP contribution >= 0.6 is 0 Å². The fourth-order valence-electron chi connectivity index (χ4n) is 2.61. The lowest BCUT2D eigenvalue weighted by Crippen LogP contribution is -2.35. The van der Waals surface area contributed by atoms with Gasteiger partial charge in [0.2, 0.25) is 5.91 Å². The van der Waals surface area contributed by atoms with E-state index < -0.39 is 5.41 Å². The predicted molar refractivity (Wildman–Crippen MR) is 82.4 cm³/mol. The van der Waals surface area contributed by atoms with Crippen LogP contribution < -0.4 is 5.32 Å². The minimum Gasteiger partial charge on any atom is -0.324 e. The highest BCUT2D eigenvalue weighted by atomic mass is 16.2. The molecule has 0 saturated heterocycles. The van der Waals surface area contributed by atoms with Crippen LogP contribution in [0.2, 0.25) is 0 Å². The zero-order valence-electron chi connectivity index (χ0n) is 12.9. The highest BCUT2D eigenvalue weighted by Crippen LogP contribution is 2.32. The molecule has 0 fully saturated rings. The Balaban J connectivity index is 3.06. The Bertz CT molecular complexity index is 488. The zero-order chi connectivity index (χ0) is 15.2. The Morgan fingerprint density at radius 2 is 1.70 bits per heavy atom. The molecule has 3 nitrogen and oxygen atoms in total. The maximum Gasteiger partial charge on any atom is 0.244 e. The summed E-state index contributed by atoms with van der Waals surface area (Å²) in [5, 5.41) is 12.5. The van der Waals surface area contributed by atoms with Crippen LogP contribution in [0, 0.1) is 30.6 Å². The Hall–Kier alpha value is -1.82. The molecular weight excluding hydrogens is 248 g/mol.